The number of ether oxygens (including phenoxy) is 1. The van der Waals surface area contributed by atoms with E-state index in [-0.39, 0.29) is 12.1 Å². The van der Waals surface area contributed by atoms with Gasteiger partial charge in [0.1, 0.15) is 0 Å². The van der Waals surface area contributed by atoms with Crippen LogP contribution in [0, 0.1) is 0 Å². The SMILES string of the molecule is CO[C@@H]1CN[C@@H](c2nc(CSC3CCCCC3)no2)C1. The van der Waals surface area contributed by atoms with Crippen LogP contribution in [0.3, 0.4) is 0 Å². The minimum absolute atomic E-state index is 0.154. The molecule has 2 atom stereocenters. The molecule has 1 aliphatic carbocycles. The van der Waals surface area contributed by atoms with Crippen LogP contribution in [0.1, 0.15) is 56.3 Å². The summed E-state index contributed by atoms with van der Waals surface area (Å²) in [5, 5.41) is 8.26. The molecule has 1 saturated heterocycles. The van der Waals surface area contributed by atoms with Crippen molar-refractivity contribution < 1.29 is 9.26 Å². The highest BCUT2D eigenvalue weighted by atomic mass is 32.2. The Kier molecular flexibility index (Phi) is 4.96. The van der Waals surface area contributed by atoms with Crippen LogP contribution in [0.15, 0.2) is 4.52 Å². The molecule has 1 aliphatic heterocycles. The van der Waals surface area contributed by atoms with Gasteiger partial charge in [0.15, 0.2) is 5.82 Å². The van der Waals surface area contributed by atoms with Crippen molar-refractivity contribution in [3.8, 4) is 0 Å². The van der Waals surface area contributed by atoms with Gasteiger partial charge in [0.25, 0.3) is 0 Å². The molecule has 0 aromatic carbocycles. The van der Waals surface area contributed by atoms with E-state index >= 15 is 0 Å². The van der Waals surface area contributed by atoms with Gasteiger partial charge in [-0.2, -0.15) is 16.7 Å². The molecule has 1 saturated carbocycles. The van der Waals surface area contributed by atoms with Gasteiger partial charge in [-0.05, 0) is 19.3 Å². The van der Waals surface area contributed by atoms with Crippen molar-refractivity contribution in [1.82, 2.24) is 15.5 Å². The maximum Gasteiger partial charge on any atom is 0.243 e. The third-order valence-electron chi connectivity index (χ3n) is 4.21. The van der Waals surface area contributed by atoms with E-state index in [0.29, 0.717) is 5.89 Å². The Morgan fingerprint density at radius 3 is 2.95 bits per heavy atom. The van der Waals surface area contributed by atoms with Gasteiger partial charge in [-0.3, -0.25) is 0 Å². The summed E-state index contributed by atoms with van der Waals surface area (Å²) in [7, 11) is 1.74. The zero-order valence-electron chi connectivity index (χ0n) is 12.0. The second-order valence-corrected chi connectivity index (χ2v) is 6.96. The fourth-order valence-corrected chi connectivity index (χ4v) is 4.13. The summed E-state index contributed by atoms with van der Waals surface area (Å²) >= 11 is 1.98. The molecular weight excluding hydrogens is 274 g/mol. The fraction of sp³-hybridized carbons (Fsp3) is 0.857. The van der Waals surface area contributed by atoms with E-state index in [0.717, 1.165) is 29.8 Å². The number of methoxy groups -OCH3 is 1. The number of nitrogens with one attached hydrogen (secondary N) is 1. The summed E-state index contributed by atoms with van der Waals surface area (Å²) in [6, 6.07) is 0.154. The van der Waals surface area contributed by atoms with E-state index in [1.165, 1.54) is 32.1 Å². The Morgan fingerprint density at radius 1 is 1.35 bits per heavy atom. The normalized spacial score (nSPS) is 28.1. The maximum atomic E-state index is 5.39. The first-order valence-electron chi connectivity index (χ1n) is 7.55. The van der Waals surface area contributed by atoms with Crippen LogP contribution >= 0.6 is 11.8 Å². The molecule has 6 heteroatoms. The molecule has 2 heterocycles. The highest BCUT2D eigenvalue weighted by molar-refractivity contribution is 7.99. The van der Waals surface area contributed by atoms with E-state index in [2.05, 4.69) is 15.5 Å². The fourth-order valence-electron chi connectivity index (χ4n) is 2.96. The molecule has 0 amide bonds. The first-order valence-corrected chi connectivity index (χ1v) is 8.60. The van der Waals surface area contributed by atoms with Gasteiger partial charge in [0.2, 0.25) is 5.89 Å². The van der Waals surface area contributed by atoms with Gasteiger partial charge in [-0.15, -0.1) is 0 Å². The van der Waals surface area contributed by atoms with E-state index in [4.69, 9.17) is 9.26 Å². The van der Waals surface area contributed by atoms with Crippen molar-refractivity contribution >= 4 is 11.8 Å². The molecular formula is C14H23N3O2S. The third-order valence-corrected chi connectivity index (χ3v) is 5.57. The summed E-state index contributed by atoms with van der Waals surface area (Å²) in [6.07, 6.45) is 8.00. The van der Waals surface area contributed by atoms with Crippen LogP contribution in [0.4, 0.5) is 0 Å². The van der Waals surface area contributed by atoms with Crippen molar-refractivity contribution in [3.63, 3.8) is 0 Å². The highest BCUT2D eigenvalue weighted by Gasteiger charge is 2.29. The zero-order chi connectivity index (χ0) is 13.8. The van der Waals surface area contributed by atoms with Crippen LogP contribution in [0.5, 0.6) is 0 Å². The van der Waals surface area contributed by atoms with E-state index in [9.17, 15) is 0 Å². The second-order valence-electron chi connectivity index (χ2n) is 5.67. The zero-order valence-corrected chi connectivity index (χ0v) is 12.8. The van der Waals surface area contributed by atoms with Gasteiger partial charge >= 0.3 is 0 Å². The van der Waals surface area contributed by atoms with Gasteiger partial charge in [-0.25, -0.2) is 0 Å². The van der Waals surface area contributed by atoms with E-state index < -0.39 is 0 Å². The smallest absolute Gasteiger partial charge is 0.243 e. The summed E-state index contributed by atoms with van der Waals surface area (Å²) in [5.74, 6) is 2.41. The van der Waals surface area contributed by atoms with Gasteiger partial charge < -0.3 is 14.6 Å². The van der Waals surface area contributed by atoms with Crippen molar-refractivity contribution in [2.24, 2.45) is 0 Å². The maximum absolute atomic E-state index is 5.39. The van der Waals surface area contributed by atoms with E-state index in [1.54, 1.807) is 7.11 Å². The molecule has 3 rings (SSSR count). The van der Waals surface area contributed by atoms with Crippen LogP contribution in [0.25, 0.3) is 0 Å². The number of hydrogen-bond donors (Lipinski definition) is 1. The van der Waals surface area contributed by atoms with Gasteiger partial charge in [0.05, 0.1) is 17.9 Å². The molecule has 1 aromatic heterocycles. The van der Waals surface area contributed by atoms with E-state index in [1.807, 2.05) is 11.8 Å². The summed E-state index contributed by atoms with van der Waals surface area (Å²) in [6.45, 7) is 0.857. The Labute approximate surface area is 124 Å². The van der Waals surface area contributed by atoms with Crippen molar-refractivity contribution in [2.45, 2.75) is 61.7 Å². The number of nitrogens with zero attached hydrogens (tertiary/aromatic N) is 2. The lowest BCUT2D eigenvalue weighted by molar-refractivity contribution is 0.116. The Hall–Kier alpha value is -0.590. The summed E-state index contributed by atoms with van der Waals surface area (Å²) < 4.78 is 10.7. The number of rotatable bonds is 5. The first kappa shape index (κ1) is 14.4. The standard InChI is InChI=1S/C14H23N3O2S/c1-18-10-7-12(15-8-10)14-16-13(17-19-14)9-20-11-5-3-2-4-6-11/h10-12,15H,2-9H2,1H3/t10-,12+/m0/s1. The molecule has 5 nitrogen and oxygen atoms in total. The predicted octanol–water partition coefficient (Wildman–Crippen LogP) is 2.68. The summed E-state index contributed by atoms with van der Waals surface area (Å²) in [5.41, 5.74) is 0. The highest BCUT2D eigenvalue weighted by Crippen LogP contribution is 2.30. The molecule has 0 bridgehead atoms. The number of hydrogen-bond acceptors (Lipinski definition) is 6. The Bertz CT molecular complexity index is 420. The molecule has 1 N–H and O–H groups in total. The largest absolute Gasteiger partial charge is 0.380 e. The van der Waals surface area contributed by atoms with Crippen LogP contribution in [-0.4, -0.2) is 35.1 Å². The minimum atomic E-state index is 0.154. The quantitative estimate of drug-likeness (QED) is 0.901. The second kappa shape index (κ2) is 6.91. The average molecular weight is 297 g/mol. The van der Waals surface area contributed by atoms with Crippen LogP contribution in [-0.2, 0) is 10.5 Å². The average Bonchev–Trinajstić information content (AvgIpc) is 3.15. The molecule has 20 heavy (non-hydrogen) atoms. The topological polar surface area (TPSA) is 60.2 Å². The first-order chi connectivity index (χ1) is 9.85. The molecule has 2 fully saturated rings. The lowest BCUT2D eigenvalue weighted by Crippen LogP contribution is -2.16. The van der Waals surface area contributed by atoms with Gasteiger partial charge in [-0.1, -0.05) is 24.4 Å². The lowest BCUT2D eigenvalue weighted by Gasteiger charge is -2.19. The molecule has 2 aliphatic rings. The van der Waals surface area contributed by atoms with Crippen molar-refractivity contribution in [1.29, 1.82) is 0 Å². The molecule has 0 radical (unpaired) electrons. The predicted molar refractivity (Wildman–Crippen MR) is 78.6 cm³/mol. The Morgan fingerprint density at radius 2 is 2.20 bits per heavy atom. The van der Waals surface area contributed by atoms with Crippen molar-refractivity contribution in [3.05, 3.63) is 11.7 Å². The number of thioether (sulfide) groups is 1. The molecule has 0 unspecified atom stereocenters. The minimum Gasteiger partial charge on any atom is -0.380 e. The van der Waals surface area contributed by atoms with Crippen LogP contribution in [0.2, 0.25) is 0 Å². The monoisotopic (exact) mass is 297 g/mol. The van der Waals surface area contributed by atoms with Crippen LogP contribution < -0.4 is 5.32 Å². The summed E-state index contributed by atoms with van der Waals surface area (Å²) in [4.78, 5) is 4.53. The molecule has 0 spiro atoms. The van der Waals surface area contributed by atoms with Gasteiger partial charge in [0, 0.05) is 18.9 Å². The molecule has 1 aromatic rings. The molecule has 112 valence electrons. The Balaban J connectivity index is 1.49. The number of aromatic nitrogens is 2. The van der Waals surface area contributed by atoms with Crippen molar-refractivity contribution in [2.75, 3.05) is 13.7 Å². The lowest BCUT2D eigenvalue weighted by atomic mass is 10.0. The third kappa shape index (κ3) is 3.54.